The number of carbonyl (C=O) groups is 4. The average Bonchev–Trinajstić information content (AvgIpc) is 3.31. The molecule has 0 heterocycles. The second-order valence-corrected chi connectivity index (χ2v) is 17.1. The number of benzene rings is 5. The summed E-state index contributed by atoms with van der Waals surface area (Å²) in [6.45, 7) is 0. The Kier molecular flexibility index (Phi) is 13.2. The fraction of sp³-hybridized carbons (Fsp3) is 0.0476. The Balaban J connectivity index is 1.23. The minimum atomic E-state index is -5.26. The standard InChI is InChI=1S/C42H30N10O16S2/c1-67-35-18-33(49-51-39-37(70(64,65)66)16-25-23(40(39)54)7-8-28(43)38(25)50-47-31-9-4-20(52(59)60)14-26(31)41(55)56)36(68-2)17-32(35)48-46-30-11-10-29(22-6-5-21(15-24(22)30)69(61,62)63)45-44-19-3-12-34(53)27(13-19)42(57)58/h3-18,45,49H,43H2,1-2H3,(H,55,56)(H,57,58)(H,61,62,63)(H,64,65,66)/b44-19+,48-46?,50-47?,51-39-. The molecule has 0 radical (unpaired) electrons. The highest BCUT2D eigenvalue weighted by atomic mass is 32.2. The number of hydrazone groups is 2. The van der Waals surface area contributed by atoms with Gasteiger partial charge in [-0.3, -0.25) is 39.7 Å². The largest absolute Gasteiger partial charge is 0.494 e. The number of nitrogen functional groups attached to an aromatic ring is 1. The smallest absolute Gasteiger partial charge is 0.339 e. The van der Waals surface area contributed by atoms with Gasteiger partial charge in [0.05, 0.1) is 52.4 Å². The molecule has 2 aliphatic rings. The van der Waals surface area contributed by atoms with Gasteiger partial charge in [0.15, 0.2) is 11.5 Å². The number of azo groups is 2. The first-order chi connectivity index (χ1) is 33.1. The van der Waals surface area contributed by atoms with Crippen molar-refractivity contribution in [2.45, 2.75) is 4.90 Å². The van der Waals surface area contributed by atoms with Crippen LogP contribution in [0.4, 0.5) is 45.5 Å². The molecule has 0 bridgehead atoms. The Bertz CT molecular complexity index is 3620. The third-order valence-electron chi connectivity index (χ3n) is 9.99. The summed E-state index contributed by atoms with van der Waals surface area (Å²) >= 11 is 0. The molecule has 28 heteroatoms. The number of nitro benzene ring substituents is 1. The van der Waals surface area contributed by atoms with Gasteiger partial charge in [0.25, 0.3) is 25.9 Å². The van der Waals surface area contributed by atoms with Crippen molar-refractivity contribution >= 4 is 118 Å². The van der Waals surface area contributed by atoms with Crippen molar-refractivity contribution in [3.8, 4) is 11.5 Å². The number of ketones is 2. The predicted molar refractivity (Wildman–Crippen MR) is 248 cm³/mol. The Morgan fingerprint density at radius 3 is 2.06 bits per heavy atom. The van der Waals surface area contributed by atoms with Crippen molar-refractivity contribution in [2.75, 3.05) is 30.8 Å². The van der Waals surface area contributed by atoms with Gasteiger partial charge in [0.1, 0.15) is 44.7 Å². The minimum Gasteiger partial charge on any atom is -0.494 e. The molecule has 0 spiro atoms. The Morgan fingerprint density at radius 1 is 0.714 bits per heavy atom. The number of aliphatic carboxylic acids is 1. The number of hydrogen-bond acceptors (Lipinski definition) is 21. The number of allylic oxidation sites excluding steroid dienone is 4. The van der Waals surface area contributed by atoms with Gasteiger partial charge >= 0.3 is 11.9 Å². The van der Waals surface area contributed by atoms with E-state index >= 15 is 0 Å². The molecule has 5 aromatic carbocycles. The van der Waals surface area contributed by atoms with E-state index in [0.717, 1.165) is 48.6 Å². The van der Waals surface area contributed by atoms with Gasteiger partial charge in [-0.05, 0) is 66.8 Å². The third-order valence-corrected chi connectivity index (χ3v) is 11.7. The van der Waals surface area contributed by atoms with E-state index in [2.05, 4.69) is 41.5 Å². The summed E-state index contributed by atoms with van der Waals surface area (Å²) in [5.74, 6) is -4.91. The number of carboxylic acid groups (broad SMARTS) is 2. The van der Waals surface area contributed by atoms with Crippen LogP contribution in [0.5, 0.6) is 11.5 Å². The van der Waals surface area contributed by atoms with Gasteiger partial charge in [-0.25, -0.2) is 9.59 Å². The van der Waals surface area contributed by atoms with E-state index in [1.54, 1.807) is 0 Å². The van der Waals surface area contributed by atoms with Gasteiger partial charge in [-0.1, -0.05) is 6.07 Å². The van der Waals surface area contributed by atoms with E-state index in [9.17, 15) is 65.4 Å². The first-order valence-corrected chi connectivity index (χ1v) is 22.1. The number of carbonyl (C=O) groups excluding carboxylic acids is 2. The zero-order chi connectivity index (χ0) is 50.8. The monoisotopic (exact) mass is 994 g/mol. The zero-order valence-corrected chi connectivity index (χ0v) is 37.1. The number of nitrogens with zero attached hydrogens (tertiary/aromatic N) is 7. The molecule has 5 aromatic rings. The summed E-state index contributed by atoms with van der Waals surface area (Å²) in [5.41, 5.74) is 7.82. The topological polar surface area (TPSA) is 403 Å². The van der Waals surface area contributed by atoms with Crippen LogP contribution >= 0.6 is 0 Å². The molecular weight excluding hydrogens is 965 g/mol. The van der Waals surface area contributed by atoms with E-state index in [4.69, 9.17) is 15.2 Å². The number of carboxylic acids is 2. The summed E-state index contributed by atoms with van der Waals surface area (Å²) in [6, 6.07) is 14.2. The van der Waals surface area contributed by atoms with Gasteiger partial charge in [0.2, 0.25) is 5.78 Å². The fourth-order valence-corrected chi connectivity index (χ4v) is 7.79. The van der Waals surface area contributed by atoms with Gasteiger partial charge in [0, 0.05) is 46.2 Å². The Hall–Kier alpha value is -9.38. The molecule has 0 aromatic heterocycles. The first kappa shape index (κ1) is 48.6. The Labute approximate surface area is 392 Å². The van der Waals surface area contributed by atoms with Crippen molar-refractivity contribution in [2.24, 2.45) is 30.7 Å². The van der Waals surface area contributed by atoms with Crippen LogP contribution in [0.1, 0.15) is 26.3 Å². The summed E-state index contributed by atoms with van der Waals surface area (Å²) < 4.78 is 81.0. The number of non-ortho nitro benzene ring substituents is 1. The normalized spacial score (nSPS) is 15.0. The molecule has 0 saturated heterocycles. The first-order valence-electron chi connectivity index (χ1n) is 19.3. The van der Waals surface area contributed by atoms with Gasteiger partial charge in [-0.2, -0.15) is 27.0 Å². The van der Waals surface area contributed by atoms with Gasteiger partial charge < -0.3 is 25.4 Å². The molecule has 7 rings (SSSR count). The summed E-state index contributed by atoms with van der Waals surface area (Å²) in [7, 11) is -7.49. The molecule has 0 fully saturated rings. The number of methoxy groups -OCH3 is 2. The molecule has 0 saturated carbocycles. The van der Waals surface area contributed by atoms with Crippen molar-refractivity contribution in [3.63, 3.8) is 0 Å². The summed E-state index contributed by atoms with van der Waals surface area (Å²) in [6.07, 6.45) is 4.19. The average molecular weight is 995 g/mol. The highest BCUT2D eigenvalue weighted by Crippen LogP contribution is 2.42. The molecule has 0 unspecified atom stereocenters. The number of nitro groups is 1. The van der Waals surface area contributed by atoms with Crippen LogP contribution < -0.4 is 26.1 Å². The highest BCUT2D eigenvalue weighted by Gasteiger charge is 2.35. The molecule has 2 aliphatic carbocycles. The lowest BCUT2D eigenvalue weighted by molar-refractivity contribution is -0.384. The number of rotatable bonds is 15. The number of fused-ring (bicyclic) bond motifs is 2. The molecule has 26 nitrogen and oxygen atoms in total. The zero-order valence-electron chi connectivity index (χ0n) is 35.4. The lowest BCUT2D eigenvalue weighted by atomic mass is 9.92. The molecule has 0 amide bonds. The lowest BCUT2D eigenvalue weighted by Gasteiger charge is -2.18. The van der Waals surface area contributed by atoms with Crippen LogP contribution in [0.15, 0.2) is 137 Å². The fourth-order valence-electron chi connectivity index (χ4n) is 6.63. The van der Waals surface area contributed by atoms with Gasteiger partial charge in [-0.15, -0.1) is 20.5 Å². The van der Waals surface area contributed by atoms with Crippen LogP contribution in [0, 0.1) is 10.1 Å². The number of aromatic carboxylic acids is 1. The van der Waals surface area contributed by atoms with E-state index in [1.165, 1.54) is 62.8 Å². The quantitative estimate of drug-likeness (QED) is 0.0106. The molecule has 0 aliphatic heterocycles. The number of ether oxygens (including phenoxy) is 2. The predicted octanol–water partition coefficient (Wildman–Crippen LogP) is 6.93. The van der Waals surface area contributed by atoms with E-state index in [-0.39, 0.29) is 73.5 Å². The molecule has 70 heavy (non-hydrogen) atoms. The van der Waals surface area contributed by atoms with E-state index < -0.39 is 81.0 Å². The van der Waals surface area contributed by atoms with Crippen LogP contribution in [-0.4, -0.2) is 90.2 Å². The van der Waals surface area contributed by atoms with Crippen molar-refractivity contribution < 1.29 is 69.7 Å². The molecule has 8 N–H and O–H groups in total. The van der Waals surface area contributed by atoms with E-state index in [0.29, 0.717) is 5.39 Å². The second-order valence-electron chi connectivity index (χ2n) is 14.3. The third kappa shape index (κ3) is 9.98. The molecule has 356 valence electrons. The number of hydrogen-bond donors (Lipinski definition) is 7. The van der Waals surface area contributed by atoms with E-state index in [1.807, 2.05) is 0 Å². The number of nitrogens with one attached hydrogen (secondary N) is 2. The maximum Gasteiger partial charge on any atom is 0.339 e. The van der Waals surface area contributed by atoms with Crippen LogP contribution in [-0.2, 0) is 29.8 Å². The SMILES string of the molecule is COc1cc(N/N=C2\C(=O)c3ccc(N)c(N=Nc4ccc([N+](=O)[O-])cc4C(=O)O)c3C=C2S(=O)(=O)O)c(OC)cc1N=Nc1ccc(N/N=C2\C=CC(=O)C(C(=O)O)=C2)c2ccc(S(=O)(=O)O)cc12. The van der Waals surface area contributed by atoms with Crippen LogP contribution in [0.3, 0.4) is 0 Å². The highest BCUT2D eigenvalue weighted by molar-refractivity contribution is 7.91. The number of Topliss-reactive ketones (excluding diaryl/α,β-unsaturated/α-hetero) is 1. The Morgan fingerprint density at radius 2 is 1.40 bits per heavy atom. The van der Waals surface area contributed by atoms with Crippen LogP contribution in [0.25, 0.3) is 16.8 Å². The maximum atomic E-state index is 14.0. The summed E-state index contributed by atoms with van der Waals surface area (Å²) in [4.78, 5) is 58.1. The van der Waals surface area contributed by atoms with Crippen LogP contribution in [0.2, 0.25) is 0 Å². The van der Waals surface area contributed by atoms with Crippen molar-refractivity contribution in [1.29, 1.82) is 0 Å². The number of anilines is 3. The summed E-state index contributed by atoms with van der Waals surface area (Å²) in [5, 5.41) is 55.1. The minimum absolute atomic E-state index is 0.00503. The molecular formula is C42H30N10O16S2. The second kappa shape index (κ2) is 19.1. The van der Waals surface area contributed by atoms with Crippen molar-refractivity contribution in [3.05, 3.63) is 128 Å². The lowest BCUT2D eigenvalue weighted by Crippen LogP contribution is -2.27. The number of nitrogens with two attached hydrogens (primary N) is 1. The van der Waals surface area contributed by atoms with Crippen molar-refractivity contribution in [1.82, 2.24) is 0 Å². The maximum absolute atomic E-state index is 14.0. The molecule has 0 atom stereocenters.